The highest BCUT2D eigenvalue weighted by Crippen LogP contribution is 2.46. The summed E-state index contributed by atoms with van der Waals surface area (Å²) in [6, 6.07) is 10.0. The van der Waals surface area contributed by atoms with Crippen molar-refractivity contribution in [3.63, 3.8) is 0 Å². The van der Waals surface area contributed by atoms with Gasteiger partial charge in [0.25, 0.3) is 11.8 Å². The van der Waals surface area contributed by atoms with Crippen molar-refractivity contribution < 1.29 is 19.5 Å². The van der Waals surface area contributed by atoms with Gasteiger partial charge < -0.3 is 10.0 Å². The number of benzene rings is 2. The molecule has 6 nitrogen and oxygen atoms in total. The van der Waals surface area contributed by atoms with Crippen molar-refractivity contribution in [1.29, 1.82) is 0 Å². The molecule has 2 aliphatic heterocycles. The van der Waals surface area contributed by atoms with Crippen molar-refractivity contribution in [2.45, 2.75) is 13.0 Å². The summed E-state index contributed by atoms with van der Waals surface area (Å²) < 4.78 is 0.197. The van der Waals surface area contributed by atoms with E-state index in [1.807, 2.05) is 0 Å². The Labute approximate surface area is 207 Å². The number of thioether (sulfide) groups is 1. The molecular weight excluding hydrogens is 515 g/mol. The van der Waals surface area contributed by atoms with Gasteiger partial charge in [-0.1, -0.05) is 64.8 Å². The first-order valence-electron chi connectivity index (χ1n) is 9.23. The third-order valence-electron chi connectivity index (χ3n) is 4.98. The smallest absolute Gasteiger partial charge is 0.305 e. The number of aliphatic carboxylic acids is 1. The number of carbonyl (C=O) groups excluding carboxylic acids is 2. The average Bonchev–Trinajstić information content (AvgIpc) is 3.15. The van der Waals surface area contributed by atoms with Gasteiger partial charge in [0, 0.05) is 32.7 Å². The lowest BCUT2D eigenvalue weighted by molar-refractivity contribution is -0.137. The van der Waals surface area contributed by atoms with E-state index in [1.54, 1.807) is 36.4 Å². The fourth-order valence-corrected chi connectivity index (χ4v) is 5.54. The minimum absolute atomic E-state index is 0.0771. The van der Waals surface area contributed by atoms with Crippen LogP contribution < -0.4 is 4.90 Å². The molecule has 1 N–H and O–H groups in total. The van der Waals surface area contributed by atoms with Gasteiger partial charge in [0.05, 0.1) is 29.1 Å². The monoisotopic (exact) mass is 526 g/mol. The summed E-state index contributed by atoms with van der Waals surface area (Å²) in [5.41, 5.74) is 1.78. The zero-order valence-corrected chi connectivity index (χ0v) is 20.0. The number of nitrogens with zero attached hydrogens (tertiary/aromatic N) is 2. The van der Waals surface area contributed by atoms with Crippen molar-refractivity contribution in [3.05, 3.63) is 67.5 Å². The molecule has 0 aromatic heterocycles. The molecule has 2 aromatic rings. The van der Waals surface area contributed by atoms with Crippen LogP contribution in [0.15, 0.2) is 41.3 Å². The van der Waals surface area contributed by atoms with E-state index < -0.39 is 17.8 Å². The van der Waals surface area contributed by atoms with E-state index in [1.165, 1.54) is 9.80 Å². The Bertz CT molecular complexity index is 1210. The second-order valence-corrected chi connectivity index (χ2v) is 9.82. The second kappa shape index (κ2) is 9.03. The van der Waals surface area contributed by atoms with Crippen molar-refractivity contribution in [2.75, 3.05) is 11.4 Å². The van der Waals surface area contributed by atoms with Gasteiger partial charge in [-0.25, -0.2) is 0 Å². The second-order valence-electron chi connectivity index (χ2n) is 6.93. The Morgan fingerprint density at radius 2 is 1.72 bits per heavy atom. The number of rotatable bonds is 5. The maximum Gasteiger partial charge on any atom is 0.305 e. The number of thiocarbonyl (C=S) groups is 1. The molecule has 4 rings (SSSR count). The minimum Gasteiger partial charge on any atom is -0.481 e. The Morgan fingerprint density at radius 1 is 1.03 bits per heavy atom. The molecule has 0 saturated carbocycles. The fraction of sp³-hybridized carbons (Fsp3) is 0.143. The Morgan fingerprint density at radius 3 is 2.38 bits per heavy atom. The Hall–Kier alpha value is -2.10. The van der Waals surface area contributed by atoms with Crippen molar-refractivity contribution in [3.8, 4) is 0 Å². The standard InChI is InChI=1S/C21H13Cl3N2O4S2/c22-10-4-5-15-11(8-10)17(18-20(30)25(21(31)32-18)7-6-16(27)28)19(29)26(15)9-12-13(23)2-1-3-14(12)24/h1-5,8H,6-7,9H2,(H,27,28). The van der Waals surface area contributed by atoms with E-state index >= 15 is 0 Å². The summed E-state index contributed by atoms with van der Waals surface area (Å²) in [6.07, 6.45) is -0.261. The van der Waals surface area contributed by atoms with Gasteiger partial charge in [-0.3, -0.25) is 19.3 Å². The van der Waals surface area contributed by atoms with E-state index in [-0.39, 0.29) is 34.3 Å². The quantitative estimate of drug-likeness (QED) is 0.423. The number of carboxylic acids is 1. The fourth-order valence-electron chi connectivity index (χ4n) is 3.47. The third-order valence-corrected chi connectivity index (χ3v) is 7.37. The Balaban J connectivity index is 1.79. The van der Waals surface area contributed by atoms with Gasteiger partial charge in [0.1, 0.15) is 4.32 Å². The van der Waals surface area contributed by atoms with Crippen LogP contribution in [0.25, 0.3) is 5.57 Å². The molecule has 1 saturated heterocycles. The summed E-state index contributed by atoms with van der Waals surface area (Å²) in [5, 5.41) is 10.2. The summed E-state index contributed by atoms with van der Waals surface area (Å²) in [5.74, 6) is -1.98. The normalized spacial score (nSPS) is 18.0. The van der Waals surface area contributed by atoms with Gasteiger partial charge in [0.2, 0.25) is 0 Å². The van der Waals surface area contributed by atoms with E-state index in [0.717, 1.165) is 11.8 Å². The molecule has 0 unspecified atom stereocenters. The van der Waals surface area contributed by atoms with Crippen LogP contribution in [0.4, 0.5) is 5.69 Å². The van der Waals surface area contributed by atoms with E-state index in [9.17, 15) is 14.4 Å². The lowest BCUT2D eigenvalue weighted by Gasteiger charge is -2.19. The topological polar surface area (TPSA) is 77.9 Å². The van der Waals surface area contributed by atoms with Crippen LogP contribution in [0, 0.1) is 0 Å². The molecule has 0 spiro atoms. The first-order chi connectivity index (χ1) is 15.2. The van der Waals surface area contributed by atoms with Gasteiger partial charge in [0.15, 0.2) is 0 Å². The number of carboxylic acid groups (broad SMARTS) is 1. The third kappa shape index (κ3) is 4.13. The predicted molar refractivity (Wildman–Crippen MR) is 130 cm³/mol. The van der Waals surface area contributed by atoms with Crippen LogP contribution in [0.3, 0.4) is 0 Å². The zero-order valence-electron chi connectivity index (χ0n) is 16.1. The van der Waals surface area contributed by atoms with E-state index in [4.69, 9.17) is 52.1 Å². The lowest BCUT2D eigenvalue weighted by atomic mass is 10.1. The Kier molecular flexibility index (Phi) is 6.51. The van der Waals surface area contributed by atoms with E-state index in [2.05, 4.69) is 0 Å². The highest BCUT2D eigenvalue weighted by atomic mass is 35.5. The molecule has 2 heterocycles. The summed E-state index contributed by atoms with van der Waals surface area (Å²) >= 11 is 25.0. The number of carbonyl (C=O) groups is 3. The largest absolute Gasteiger partial charge is 0.481 e. The van der Waals surface area contributed by atoms with Gasteiger partial charge in [-0.05, 0) is 30.3 Å². The van der Waals surface area contributed by atoms with Crippen molar-refractivity contribution in [2.24, 2.45) is 0 Å². The summed E-state index contributed by atoms with van der Waals surface area (Å²) in [7, 11) is 0. The van der Waals surface area contributed by atoms with Crippen LogP contribution in [0.5, 0.6) is 0 Å². The maximum atomic E-state index is 13.5. The molecule has 0 atom stereocenters. The maximum absolute atomic E-state index is 13.5. The molecular formula is C21H13Cl3N2O4S2. The molecule has 2 aliphatic rings. The molecule has 1 fully saturated rings. The highest BCUT2D eigenvalue weighted by Gasteiger charge is 2.42. The van der Waals surface area contributed by atoms with Crippen LogP contribution in [0.2, 0.25) is 15.1 Å². The number of anilines is 1. The molecule has 164 valence electrons. The summed E-state index contributed by atoms with van der Waals surface area (Å²) in [4.78, 5) is 40.3. The molecule has 11 heteroatoms. The zero-order chi connectivity index (χ0) is 23.2. The highest BCUT2D eigenvalue weighted by molar-refractivity contribution is 8.26. The molecule has 2 amide bonds. The van der Waals surface area contributed by atoms with Gasteiger partial charge in [-0.2, -0.15) is 0 Å². The first-order valence-corrected chi connectivity index (χ1v) is 11.6. The van der Waals surface area contributed by atoms with E-state index in [0.29, 0.717) is 31.9 Å². The minimum atomic E-state index is -1.05. The van der Waals surface area contributed by atoms with Gasteiger partial charge in [-0.15, -0.1) is 0 Å². The van der Waals surface area contributed by atoms with Crippen LogP contribution in [-0.4, -0.2) is 38.7 Å². The summed E-state index contributed by atoms with van der Waals surface area (Å²) in [6.45, 7) is 0.0150. The van der Waals surface area contributed by atoms with Crippen LogP contribution in [-0.2, 0) is 20.9 Å². The predicted octanol–water partition coefficient (Wildman–Crippen LogP) is 5.24. The SMILES string of the molecule is O=C(O)CCN1C(=O)C(=C2C(=O)N(Cc3c(Cl)cccc3Cl)c3ccc(Cl)cc32)SC1=S. The molecule has 2 aromatic carbocycles. The molecule has 0 aliphatic carbocycles. The molecule has 32 heavy (non-hydrogen) atoms. The molecule has 0 bridgehead atoms. The lowest BCUT2D eigenvalue weighted by Crippen LogP contribution is -2.31. The first kappa shape index (κ1) is 23.1. The van der Waals surface area contributed by atoms with Crippen LogP contribution >= 0.6 is 58.8 Å². The number of hydrogen-bond donors (Lipinski definition) is 1. The average molecular weight is 528 g/mol. The van der Waals surface area contributed by atoms with Crippen molar-refractivity contribution in [1.82, 2.24) is 4.90 Å². The van der Waals surface area contributed by atoms with Crippen LogP contribution in [0.1, 0.15) is 17.5 Å². The van der Waals surface area contributed by atoms with Crippen molar-refractivity contribution >= 4 is 92.1 Å². The molecule has 0 radical (unpaired) electrons. The number of hydrogen-bond acceptors (Lipinski definition) is 5. The van der Waals surface area contributed by atoms with Gasteiger partial charge >= 0.3 is 5.97 Å². The number of amides is 2. The number of fused-ring (bicyclic) bond motifs is 1. The number of halogens is 3.